The lowest BCUT2D eigenvalue weighted by atomic mass is 10.4. The van der Waals surface area contributed by atoms with Gasteiger partial charge in [0, 0.05) is 20.2 Å². The monoisotopic (exact) mass is 218 g/mol. The number of ether oxygens (including phenoxy) is 2. The molecule has 2 amide bonds. The van der Waals surface area contributed by atoms with Crippen LogP contribution in [0.25, 0.3) is 0 Å². The molecule has 6 nitrogen and oxygen atoms in total. The molecule has 0 aromatic rings. The summed E-state index contributed by atoms with van der Waals surface area (Å²) in [6.07, 6.45) is 0.186. The predicted octanol–water partition coefficient (Wildman–Crippen LogP) is -0.115. The van der Waals surface area contributed by atoms with E-state index in [-0.39, 0.29) is 25.0 Å². The summed E-state index contributed by atoms with van der Waals surface area (Å²) < 4.78 is 9.44. The molecule has 88 valence electrons. The van der Waals surface area contributed by atoms with Crippen LogP contribution < -0.4 is 10.6 Å². The minimum atomic E-state index is -0.310. The zero-order valence-corrected chi connectivity index (χ0v) is 9.17. The van der Waals surface area contributed by atoms with E-state index in [1.807, 2.05) is 0 Å². The molecule has 0 unspecified atom stereocenters. The molecule has 0 aliphatic carbocycles. The highest BCUT2D eigenvalue weighted by Gasteiger charge is 2.03. The van der Waals surface area contributed by atoms with Crippen molar-refractivity contribution in [3.63, 3.8) is 0 Å². The average molecular weight is 218 g/mol. The highest BCUT2D eigenvalue weighted by Crippen LogP contribution is 1.83. The zero-order chi connectivity index (χ0) is 11.5. The van der Waals surface area contributed by atoms with Crippen LogP contribution in [0.1, 0.15) is 13.3 Å². The molecule has 0 radical (unpaired) electrons. The molecular weight excluding hydrogens is 200 g/mol. The summed E-state index contributed by atoms with van der Waals surface area (Å²) in [5.41, 5.74) is 0. The SMILES string of the molecule is CCOC(=O)CCNC(=O)NCCOC. The molecule has 0 spiro atoms. The lowest BCUT2D eigenvalue weighted by Crippen LogP contribution is -2.38. The van der Waals surface area contributed by atoms with Crippen LogP contribution >= 0.6 is 0 Å². The van der Waals surface area contributed by atoms with Gasteiger partial charge < -0.3 is 20.1 Å². The topological polar surface area (TPSA) is 76.7 Å². The van der Waals surface area contributed by atoms with Crippen LogP contribution in [0.4, 0.5) is 4.79 Å². The largest absolute Gasteiger partial charge is 0.466 e. The van der Waals surface area contributed by atoms with Gasteiger partial charge in [0.2, 0.25) is 0 Å². The van der Waals surface area contributed by atoms with Gasteiger partial charge in [-0.25, -0.2) is 4.79 Å². The molecule has 15 heavy (non-hydrogen) atoms. The maximum atomic E-state index is 11.0. The highest BCUT2D eigenvalue weighted by atomic mass is 16.5. The van der Waals surface area contributed by atoms with Gasteiger partial charge in [0.05, 0.1) is 19.6 Å². The van der Waals surface area contributed by atoms with Crippen LogP contribution in [0.3, 0.4) is 0 Å². The molecule has 0 fully saturated rings. The van der Waals surface area contributed by atoms with Gasteiger partial charge in [0.15, 0.2) is 0 Å². The Bertz CT molecular complexity index is 197. The minimum absolute atomic E-state index is 0.186. The van der Waals surface area contributed by atoms with E-state index in [2.05, 4.69) is 10.6 Å². The summed E-state index contributed by atoms with van der Waals surface area (Å²) in [5, 5.41) is 5.09. The number of methoxy groups -OCH3 is 1. The van der Waals surface area contributed by atoms with E-state index in [0.717, 1.165) is 0 Å². The highest BCUT2D eigenvalue weighted by molar-refractivity contribution is 5.75. The number of hydrogen-bond acceptors (Lipinski definition) is 4. The van der Waals surface area contributed by atoms with Gasteiger partial charge in [-0.3, -0.25) is 4.79 Å². The maximum absolute atomic E-state index is 11.0. The fourth-order valence-electron chi connectivity index (χ4n) is 0.840. The van der Waals surface area contributed by atoms with Crippen LogP contribution in [0.5, 0.6) is 0 Å². The second-order valence-corrected chi connectivity index (χ2v) is 2.73. The lowest BCUT2D eigenvalue weighted by Gasteiger charge is -2.06. The van der Waals surface area contributed by atoms with Crippen LogP contribution in [0.2, 0.25) is 0 Å². The summed E-state index contributed by atoms with van der Waals surface area (Å²) in [6.45, 7) is 3.28. The Labute approximate surface area is 89.3 Å². The van der Waals surface area contributed by atoms with Crippen molar-refractivity contribution >= 4 is 12.0 Å². The molecule has 0 saturated heterocycles. The molecule has 0 heterocycles. The van der Waals surface area contributed by atoms with Crippen molar-refractivity contribution in [3.8, 4) is 0 Å². The van der Waals surface area contributed by atoms with Crippen LogP contribution in [0, 0.1) is 0 Å². The van der Waals surface area contributed by atoms with Gasteiger partial charge in [-0.05, 0) is 6.92 Å². The quantitative estimate of drug-likeness (QED) is 0.461. The first-order valence-corrected chi connectivity index (χ1v) is 4.87. The molecule has 0 rings (SSSR count). The second kappa shape index (κ2) is 9.26. The number of hydrogen-bond donors (Lipinski definition) is 2. The molecule has 0 aromatic carbocycles. The Kier molecular flexibility index (Phi) is 8.46. The number of amides is 2. The minimum Gasteiger partial charge on any atom is -0.466 e. The van der Waals surface area contributed by atoms with Crippen molar-refractivity contribution in [2.24, 2.45) is 0 Å². The average Bonchev–Trinajstić information content (AvgIpc) is 2.18. The molecular formula is C9H18N2O4. The first kappa shape index (κ1) is 13.7. The van der Waals surface area contributed by atoms with Crippen molar-refractivity contribution < 1.29 is 19.1 Å². The molecule has 6 heteroatoms. The van der Waals surface area contributed by atoms with Gasteiger partial charge in [-0.15, -0.1) is 0 Å². The van der Waals surface area contributed by atoms with Crippen LogP contribution in [-0.4, -0.2) is 45.4 Å². The normalized spacial score (nSPS) is 9.47. The van der Waals surface area contributed by atoms with E-state index in [1.165, 1.54) is 0 Å². The van der Waals surface area contributed by atoms with Crippen molar-refractivity contribution in [3.05, 3.63) is 0 Å². The van der Waals surface area contributed by atoms with Crippen LogP contribution in [-0.2, 0) is 14.3 Å². The van der Waals surface area contributed by atoms with Crippen molar-refractivity contribution in [1.82, 2.24) is 10.6 Å². The van der Waals surface area contributed by atoms with E-state index in [4.69, 9.17) is 9.47 Å². The summed E-state index contributed by atoms with van der Waals surface area (Å²) in [7, 11) is 1.56. The van der Waals surface area contributed by atoms with E-state index in [1.54, 1.807) is 14.0 Å². The molecule has 0 bridgehead atoms. The van der Waals surface area contributed by atoms with E-state index in [9.17, 15) is 9.59 Å². The van der Waals surface area contributed by atoms with E-state index < -0.39 is 0 Å². The summed E-state index contributed by atoms with van der Waals surface area (Å²) in [4.78, 5) is 21.9. The molecule has 0 aliphatic heterocycles. The zero-order valence-electron chi connectivity index (χ0n) is 9.17. The molecule has 0 aromatic heterocycles. The number of rotatable bonds is 7. The number of esters is 1. The molecule has 0 aliphatic rings. The summed E-state index contributed by atoms with van der Waals surface area (Å²) >= 11 is 0. The Balaban J connectivity index is 3.34. The standard InChI is InChI=1S/C9H18N2O4/c1-3-15-8(12)4-5-10-9(13)11-6-7-14-2/h3-7H2,1-2H3,(H2,10,11,13). The summed E-state index contributed by atoms with van der Waals surface area (Å²) in [5.74, 6) is -0.310. The first-order chi connectivity index (χ1) is 7.20. The number of carbonyl (C=O) groups is 2. The van der Waals surface area contributed by atoms with Crippen molar-refractivity contribution in [2.45, 2.75) is 13.3 Å². The predicted molar refractivity (Wildman–Crippen MR) is 54.5 cm³/mol. The van der Waals surface area contributed by atoms with E-state index in [0.29, 0.717) is 19.8 Å². The molecule has 0 saturated carbocycles. The molecule has 2 N–H and O–H groups in total. The van der Waals surface area contributed by atoms with Crippen molar-refractivity contribution in [1.29, 1.82) is 0 Å². The fourth-order valence-corrected chi connectivity index (χ4v) is 0.840. The van der Waals surface area contributed by atoms with Gasteiger partial charge in [-0.1, -0.05) is 0 Å². The molecule has 0 atom stereocenters. The maximum Gasteiger partial charge on any atom is 0.314 e. The Morgan fingerprint density at radius 2 is 1.87 bits per heavy atom. The van der Waals surface area contributed by atoms with Crippen molar-refractivity contribution in [2.75, 3.05) is 33.4 Å². The van der Waals surface area contributed by atoms with Gasteiger partial charge >= 0.3 is 12.0 Å². The smallest absolute Gasteiger partial charge is 0.314 e. The first-order valence-electron chi connectivity index (χ1n) is 4.87. The Hall–Kier alpha value is -1.30. The Morgan fingerprint density at radius 1 is 1.20 bits per heavy atom. The van der Waals surface area contributed by atoms with Crippen LogP contribution in [0.15, 0.2) is 0 Å². The fraction of sp³-hybridized carbons (Fsp3) is 0.778. The third-order valence-corrected chi connectivity index (χ3v) is 1.51. The van der Waals surface area contributed by atoms with Gasteiger partial charge in [0.1, 0.15) is 0 Å². The third kappa shape index (κ3) is 9.01. The second-order valence-electron chi connectivity index (χ2n) is 2.73. The third-order valence-electron chi connectivity index (χ3n) is 1.51. The van der Waals surface area contributed by atoms with Gasteiger partial charge in [-0.2, -0.15) is 0 Å². The van der Waals surface area contributed by atoms with Gasteiger partial charge in [0.25, 0.3) is 0 Å². The summed E-state index contributed by atoms with van der Waals surface area (Å²) in [6, 6.07) is -0.309. The number of carbonyl (C=O) groups excluding carboxylic acids is 2. The number of nitrogens with one attached hydrogen (secondary N) is 2. The Morgan fingerprint density at radius 3 is 2.47 bits per heavy atom. The number of urea groups is 1. The van der Waals surface area contributed by atoms with E-state index >= 15 is 0 Å². The lowest BCUT2D eigenvalue weighted by molar-refractivity contribution is -0.142.